The first kappa shape index (κ1) is 18.9. The average Bonchev–Trinajstić information content (AvgIpc) is 3.15. The van der Waals surface area contributed by atoms with E-state index in [2.05, 4.69) is 5.32 Å². The molecule has 1 atom stereocenters. The summed E-state index contributed by atoms with van der Waals surface area (Å²) < 4.78 is 0. The Bertz CT molecular complexity index is 835. The van der Waals surface area contributed by atoms with E-state index < -0.39 is 5.91 Å². The van der Waals surface area contributed by atoms with Crippen LogP contribution in [0, 0.1) is 0 Å². The van der Waals surface area contributed by atoms with Crippen LogP contribution < -0.4 is 10.8 Å². The Morgan fingerprint density at radius 2 is 1.81 bits per heavy atom. The van der Waals surface area contributed by atoms with E-state index in [1.807, 2.05) is 29.2 Å². The minimum absolute atomic E-state index is 0.0126. The largest absolute Gasteiger partial charge is 0.380 e. The second-order valence-corrected chi connectivity index (χ2v) is 6.76. The van der Waals surface area contributed by atoms with E-state index in [0.717, 1.165) is 17.7 Å². The molecule has 3 rings (SSSR count). The zero-order valence-corrected chi connectivity index (χ0v) is 15.3. The summed E-state index contributed by atoms with van der Waals surface area (Å²) in [7, 11) is 0. The molecule has 2 aromatic carbocycles. The minimum Gasteiger partial charge on any atom is -0.380 e. The van der Waals surface area contributed by atoms with Gasteiger partial charge in [0.25, 0.3) is 11.8 Å². The highest BCUT2D eigenvalue weighted by molar-refractivity contribution is 6.30. The first-order valence-electron chi connectivity index (χ1n) is 8.59. The molecule has 2 aromatic rings. The smallest absolute Gasteiger partial charge is 0.267 e. The van der Waals surface area contributed by atoms with Gasteiger partial charge in [-0.05, 0) is 54.5 Å². The standard InChI is InChI=1S/C20H20ClN3O3/c21-16-6-4-15(5-7-16)20(26)24-12-11-18(13-24)22-17-8-1-14(2-9-17)3-10-19(25)23-27/h1-10,18,22,27H,11-13H2,(H,23,25)/b10-3+/t18-/m1/s1. The normalized spacial score (nSPS) is 16.5. The van der Waals surface area contributed by atoms with Crippen LogP contribution in [0.1, 0.15) is 22.3 Å². The summed E-state index contributed by atoms with van der Waals surface area (Å²) in [6.45, 7) is 1.34. The summed E-state index contributed by atoms with van der Waals surface area (Å²) in [5, 5.41) is 12.5. The molecule has 1 heterocycles. The Balaban J connectivity index is 1.55. The lowest BCUT2D eigenvalue weighted by molar-refractivity contribution is -0.124. The fourth-order valence-electron chi connectivity index (χ4n) is 2.97. The van der Waals surface area contributed by atoms with Crippen molar-refractivity contribution in [2.45, 2.75) is 12.5 Å². The molecule has 0 unspecified atom stereocenters. The first-order chi connectivity index (χ1) is 13.0. The number of hydrogen-bond donors (Lipinski definition) is 3. The molecular formula is C20H20ClN3O3. The predicted molar refractivity (Wildman–Crippen MR) is 105 cm³/mol. The molecule has 27 heavy (non-hydrogen) atoms. The number of hydrogen-bond acceptors (Lipinski definition) is 4. The molecule has 0 saturated carbocycles. The van der Waals surface area contributed by atoms with Crippen molar-refractivity contribution in [2.75, 3.05) is 18.4 Å². The fraction of sp³-hybridized carbons (Fsp3) is 0.200. The summed E-state index contributed by atoms with van der Waals surface area (Å²) in [5.74, 6) is -0.563. The van der Waals surface area contributed by atoms with Crippen molar-refractivity contribution < 1.29 is 14.8 Å². The highest BCUT2D eigenvalue weighted by Gasteiger charge is 2.26. The van der Waals surface area contributed by atoms with E-state index in [0.29, 0.717) is 23.7 Å². The Labute approximate surface area is 162 Å². The Hall–Kier alpha value is -2.83. The maximum absolute atomic E-state index is 12.5. The van der Waals surface area contributed by atoms with E-state index in [4.69, 9.17) is 16.8 Å². The molecule has 6 nitrogen and oxygen atoms in total. The number of hydroxylamine groups is 1. The maximum atomic E-state index is 12.5. The Morgan fingerprint density at radius 3 is 2.48 bits per heavy atom. The van der Waals surface area contributed by atoms with Crippen molar-refractivity contribution >= 4 is 35.2 Å². The number of anilines is 1. The average molecular weight is 386 g/mol. The second kappa shape index (κ2) is 8.70. The van der Waals surface area contributed by atoms with Gasteiger partial charge in [0.2, 0.25) is 0 Å². The number of nitrogens with zero attached hydrogens (tertiary/aromatic N) is 1. The summed E-state index contributed by atoms with van der Waals surface area (Å²) in [4.78, 5) is 25.4. The number of likely N-dealkylation sites (tertiary alicyclic amines) is 1. The van der Waals surface area contributed by atoms with Gasteiger partial charge in [-0.15, -0.1) is 0 Å². The molecular weight excluding hydrogens is 366 g/mol. The maximum Gasteiger partial charge on any atom is 0.267 e. The van der Waals surface area contributed by atoms with E-state index in [-0.39, 0.29) is 11.9 Å². The van der Waals surface area contributed by atoms with E-state index in [1.165, 1.54) is 6.08 Å². The number of rotatable bonds is 5. The third kappa shape index (κ3) is 5.09. The molecule has 1 fully saturated rings. The number of carbonyl (C=O) groups excluding carboxylic acids is 2. The van der Waals surface area contributed by atoms with Crippen molar-refractivity contribution in [3.05, 3.63) is 70.8 Å². The van der Waals surface area contributed by atoms with Crippen LogP contribution >= 0.6 is 11.6 Å². The van der Waals surface area contributed by atoms with Gasteiger partial charge < -0.3 is 10.2 Å². The van der Waals surface area contributed by atoms with Gasteiger partial charge in [-0.2, -0.15) is 0 Å². The first-order valence-corrected chi connectivity index (χ1v) is 8.96. The van der Waals surface area contributed by atoms with Crippen molar-refractivity contribution in [2.24, 2.45) is 0 Å². The third-order valence-corrected chi connectivity index (χ3v) is 4.64. The number of halogens is 1. The van der Waals surface area contributed by atoms with Gasteiger partial charge in [-0.3, -0.25) is 14.8 Å². The van der Waals surface area contributed by atoms with Crippen LogP contribution in [-0.2, 0) is 4.79 Å². The molecule has 1 aliphatic rings. The van der Waals surface area contributed by atoms with Gasteiger partial charge in [-0.1, -0.05) is 23.7 Å². The van der Waals surface area contributed by atoms with Gasteiger partial charge in [0.15, 0.2) is 0 Å². The molecule has 1 aliphatic heterocycles. The second-order valence-electron chi connectivity index (χ2n) is 6.32. The molecule has 0 bridgehead atoms. The highest BCUT2D eigenvalue weighted by Crippen LogP contribution is 2.19. The van der Waals surface area contributed by atoms with E-state index in [9.17, 15) is 9.59 Å². The quantitative estimate of drug-likeness (QED) is 0.419. The van der Waals surface area contributed by atoms with Gasteiger partial charge in [0, 0.05) is 41.5 Å². The van der Waals surface area contributed by atoms with Crippen LogP contribution in [0.3, 0.4) is 0 Å². The summed E-state index contributed by atoms with van der Waals surface area (Å²) in [5.41, 5.74) is 3.98. The molecule has 0 aliphatic carbocycles. The van der Waals surface area contributed by atoms with Crippen molar-refractivity contribution in [3.63, 3.8) is 0 Å². The summed E-state index contributed by atoms with van der Waals surface area (Å²) >= 11 is 5.87. The summed E-state index contributed by atoms with van der Waals surface area (Å²) in [6, 6.07) is 14.7. The van der Waals surface area contributed by atoms with E-state index in [1.54, 1.807) is 35.8 Å². The van der Waals surface area contributed by atoms with Crippen LogP contribution in [0.25, 0.3) is 6.08 Å². The van der Waals surface area contributed by atoms with Crippen LogP contribution in [-0.4, -0.2) is 41.1 Å². The van der Waals surface area contributed by atoms with Gasteiger partial charge in [0.05, 0.1) is 0 Å². The number of nitrogens with one attached hydrogen (secondary N) is 2. The van der Waals surface area contributed by atoms with Crippen LogP contribution in [0.15, 0.2) is 54.6 Å². The molecule has 0 radical (unpaired) electrons. The van der Waals surface area contributed by atoms with E-state index >= 15 is 0 Å². The van der Waals surface area contributed by atoms with Gasteiger partial charge in [-0.25, -0.2) is 5.48 Å². The lowest BCUT2D eigenvalue weighted by Crippen LogP contribution is -2.31. The zero-order chi connectivity index (χ0) is 19.2. The Kier molecular flexibility index (Phi) is 6.11. The molecule has 3 N–H and O–H groups in total. The van der Waals surface area contributed by atoms with Crippen LogP contribution in [0.4, 0.5) is 5.69 Å². The fourth-order valence-corrected chi connectivity index (χ4v) is 3.10. The Morgan fingerprint density at radius 1 is 1.11 bits per heavy atom. The summed E-state index contributed by atoms with van der Waals surface area (Å²) in [6.07, 6.45) is 3.73. The minimum atomic E-state index is -0.575. The SMILES string of the molecule is O=C(/C=C/c1ccc(N[C@@H]2CCN(C(=O)c3ccc(Cl)cc3)C2)cc1)NO. The molecule has 0 aromatic heterocycles. The van der Waals surface area contributed by atoms with Crippen LogP contribution in [0.2, 0.25) is 5.02 Å². The molecule has 2 amide bonds. The third-order valence-electron chi connectivity index (χ3n) is 4.39. The molecule has 140 valence electrons. The number of benzene rings is 2. The van der Waals surface area contributed by atoms with Gasteiger partial charge >= 0.3 is 0 Å². The highest BCUT2D eigenvalue weighted by atomic mass is 35.5. The zero-order valence-electron chi connectivity index (χ0n) is 14.6. The lowest BCUT2D eigenvalue weighted by atomic mass is 10.1. The monoisotopic (exact) mass is 385 g/mol. The molecule has 1 saturated heterocycles. The van der Waals surface area contributed by atoms with Crippen molar-refractivity contribution in [1.82, 2.24) is 10.4 Å². The van der Waals surface area contributed by atoms with Crippen molar-refractivity contribution in [1.29, 1.82) is 0 Å². The van der Waals surface area contributed by atoms with Gasteiger partial charge in [0.1, 0.15) is 0 Å². The predicted octanol–water partition coefficient (Wildman–Crippen LogP) is 3.19. The van der Waals surface area contributed by atoms with Crippen molar-refractivity contribution in [3.8, 4) is 0 Å². The molecule has 0 spiro atoms. The number of carbonyl (C=O) groups is 2. The molecule has 7 heteroatoms. The number of amides is 2. The van der Waals surface area contributed by atoms with Crippen LogP contribution in [0.5, 0.6) is 0 Å². The topological polar surface area (TPSA) is 81.7 Å². The lowest BCUT2D eigenvalue weighted by Gasteiger charge is -2.18.